The van der Waals surface area contributed by atoms with E-state index < -0.39 is 11.2 Å². The molecule has 5 nitrogen and oxygen atoms in total. The van der Waals surface area contributed by atoms with Gasteiger partial charge in [-0.05, 0) is 38.0 Å². The highest BCUT2D eigenvalue weighted by Gasteiger charge is 2.38. The number of rotatable bonds is 3. The van der Waals surface area contributed by atoms with E-state index in [2.05, 4.69) is 10.2 Å². The van der Waals surface area contributed by atoms with E-state index in [1.54, 1.807) is 31.9 Å². The molecule has 23 heavy (non-hydrogen) atoms. The Morgan fingerprint density at radius 2 is 2.09 bits per heavy atom. The minimum atomic E-state index is -0.959. The molecule has 0 aromatic heterocycles. The molecule has 2 amide bonds. The minimum Gasteiger partial charge on any atom is -0.359 e. The monoisotopic (exact) mass is 317 g/mol. The highest BCUT2D eigenvalue weighted by Crippen LogP contribution is 2.31. The smallest absolute Gasteiger partial charge is 0.232 e. The van der Waals surface area contributed by atoms with Gasteiger partial charge in [0.15, 0.2) is 5.69 Å². The fraction of sp³-hybridized carbons (Fsp3) is 0.471. The Balaban J connectivity index is 2.23. The molecule has 122 valence electrons. The van der Waals surface area contributed by atoms with Crippen molar-refractivity contribution in [3.8, 4) is 0 Å². The zero-order valence-electron chi connectivity index (χ0n) is 13.5. The molecule has 1 aliphatic rings. The average Bonchev–Trinajstić information content (AvgIpc) is 3.02. The Morgan fingerprint density at radius 1 is 1.39 bits per heavy atom. The van der Waals surface area contributed by atoms with E-state index in [9.17, 15) is 14.0 Å². The van der Waals surface area contributed by atoms with Crippen molar-refractivity contribution in [3.63, 3.8) is 0 Å². The summed E-state index contributed by atoms with van der Waals surface area (Å²) in [6.07, 6.45) is 0.623. The van der Waals surface area contributed by atoms with Gasteiger partial charge in [0.05, 0.1) is 17.9 Å². The zero-order chi connectivity index (χ0) is 17.2. The fourth-order valence-electron chi connectivity index (χ4n) is 2.88. The lowest BCUT2D eigenvalue weighted by molar-refractivity contribution is -0.135. The number of hydrogen-bond donors (Lipinski definition) is 1. The number of carbonyl (C=O) groups is 2. The number of likely N-dealkylation sites (tertiary alicyclic amines) is 1. The van der Waals surface area contributed by atoms with Crippen molar-refractivity contribution < 1.29 is 14.0 Å². The van der Waals surface area contributed by atoms with E-state index >= 15 is 0 Å². The summed E-state index contributed by atoms with van der Waals surface area (Å²) in [6.45, 7) is 11.3. The molecule has 0 radical (unpaired) electrons. The SMILES string of the molecule is [C-]#[N+]c1cc(F)cc(C(C)(C)C(=O)N2CC[C@H](C(=O)NC)C2)c1. The third-order valence-corrected chi connectivity index (χ3v) is 4.36. The molecule has 0 saturated carbocycles. The highest BCUT2D eigenvalue weighted by molar-refractivity contribution is 5.89. The van der Waals surface area contributed by atoms with Gasteiger partial charge >= 0.3 is 0 Å². The molecular weight excluding hydrogens is 297 g/mol. The van der Waals surface area contributed by atoms with Crippen LogP contribution < -0.4 is 5.32 Å². The summed E-state index contributed by atoms with van der Waals surface area (Å²) in [5, 5.41) is 2.60. The number of hydrogen-bond acceptors (Lipinski definition) is 2. The molecule has 6 heteroatoms. The van der Waals surface area contributed by atoms with E-state index in [0.717, 1.165) is 6.07 Å². The number of halogens is 1. The van der Waals surface area contributed by atoms with Gasteiger partial charge in [0.25, 0.3) is 0 Å². The minimum absolute atomic E-state index is 0.0702. The van der Waals surface area contributed by atoms with Crippen LogP contribution in [-0.2, 0) is 15.0 Å². The molecule has 2 rings (SSSR count). The molecule has 1 N–H and O–H groups in total. The van der Waals surface area contributed by atoms with Gasteiger partial charge in [-0.1, -0.05) is 6.07 Å². The Morgan fingerprint density at radius 3 is 2.70 bits per heavy atom. The Labute approximate surface area is 135 Å². The number of benzene rings is 1. The topological polar surface area (TPSA) is 53.8 Å². The summed E-state index contributed by atoms with van der Waals surface area (Å²) in [6, 6.07) is 3.98. The number of carbonyl (C=O) groups excluding carboxylic acids is 2. The Bertz CT molecular complexity index is 679. The van der Waals surface area contributed by atoms with E-state index in [1.807, 2.05) is 0 Å². The summed E-state index contributed by atoms with van der Waals surface area (Å²) in [5.41, 5.74) is -0.318. The van der Waals surface area contributed by atoms with Crippen LogP contribution >= 0.6 is 0 Å². The first-order valence-electron chi connectivity index (χ1n) is 7.49. The first kappa shape index (κ1) is 16.9. The first-order chi connectivity index (χ1) is 10.8. The maximum absolute atomic E-state index is 13.7. The third kappa shape index (κ3) is 3.34. The van der Waals surface area contributed by atoms with Crippen LogP contribution in [0, 0.1) is 18.3 Å². The van der Waals surface area contributed by atoms with Crippen LogP contribution in [0.4, 0.5) is 10.1 Å². The maximum atomic E-state index is 13.7. The van der Waals surface area contributed by atoms with Crippen molar-refractivity contribution >= 4 is 17.5 Å². The average molecular weight is 317 g/mol. The highest BCUT2D eigenvalue weighted by atomic mass is 19.1. The van der Waals surface area contributed by atoms with Gasteiger partial charge in [-0.25, -0.2) is 9.24 Å². The summed E-state index contributed by atoms with van der Waals surface area (Å²) < 4.78 is 13.7. The van der Waals surface area contributed by atoms with Gasteiger partial charge in [0.2, 0.25) is 11.8 Å². The summed E-state index contributed by atoms with van der Waals surface area (Å²) in [4.78, 5) is 29.4. The second-order valence-corrected chi connectivity index (χ2v) is 6.29. The van der Waals surface area contributed by atoms with Crippen LogP contribution in [0.2, 0.25) is 0 Å². The van der Waals surface area contributed by atoms with E-state index in [4.69, 9.17) is 6.57 Å². The van der Waals surface area contributed by atoms with Crippen LogP contribution in [0.5, 0.6) is 0 Å². The van der Waals surface area contributed by atoms with Crippen LogP contribution in [0.1, 0.15) is 25.8 Å². The summed E-state index contributed by atoms with van der Waals surface area (Å²) >= 11 is 0. The summed E-state index contributed by atoms with van der Waals surface area (Å²) in [5.74, 6) is -0.963. The molecule has 1 fully saturated rings. The van der Waals surface area contributed by atoms with Crippen molar-refractivity contribution in [1.82, 2.24) is 10.2 Å². The third-order valence-electron chi connectivity index (χ3n) is 4.36. The van der Waals surface area contributed by atoms with Crippen molar-refractivity contribution in [3.05, 3.63) is 41.0 Å². The van der Waals surface area contributed by atoms with E-state index in [-0.39, 0.29) is 23.4 Å². The van der Waals surface area contributed by atoms with Crippen molar-refractivity contribution in [2.75, 3.05) is 20.1 Å². The molecule has 0 bridgehead atoms. The lowest BCUT2D eigenvalue weighted by Gasteiger charge is -2.30. The van der Waals surface area contributed by atoms with Gasteiger partial charge in [-0.2, -0.15) is 0 Å². The molecule has 0 aliphatic carbocycles. The van der Waals surface area contributed by atoms with Crippen LogP contribution in [0.25, 0.3) is 4.85 Å². The second-order valence-electron chi connectivity index (χ2n) is 6.29. The largest absolute Gasteiger partial charge is 0.359 e. The van der Waals surface area contributed by atoms with Crippen LogP contribution in [0.15, 0.2) is 18.2 Å². The van der Waals surface area contributed by atoms with Crippen molar-refractivity contribution in [2.24, 2.45) is 5.92 Å². The van der Waals surface area contributed by atoms with Gasteiger partial charge in [-0.3, -0.25) is 9.59 Å². The predicted octanol–water partition coefficient (Wildman–Crippen LogP) is 2.25. The first-order valence-corrected chi connectivity index (χ1v) is 7.49. The molecular formula is C17H20FN3O2. The van der Waals surface area contributed by atoms with E-state index in [1.165, 1.54) is 6.07 Å². The number of nitrogens with one attached hydrogen (secondary N) is 1. The molecule has 0 unspecified atom stereocenters. The van der Waals surface area contributed by atoms with Crippen molar-refractivity contribution in [2.45, 2.75) is 25.7 Å². The summed E-state index contributed by atoms with van der Waals surface area (Å²) in [7, 11) is 1.58. The van der Waals surface area contributed by atoms with Crippen molar-refractivity contribution in [1.29, 1.82) is 0 Å². The molecule has 0 spiro atoms. The standard InChI is InChI=1S/C17H20FN3O2/c1-17(2,12-7-13(18)9-14(8-12)19-3)16(23)21-6-5-11(10-21)15(22)20-4/h7-9,11H,5-6,10H2,1-2,4H3,(H,20,22)/t11-/m0/s1. The van der Waals surface area contributed by atoms with Gasteiger partial charge in [0.1, 0.15) is 5.82 Å². The zero-order valence-corrected chi connectivity index (χ0v) is 13.5. The molecule has 1 atom stereocenters. The number of amides is 2. The Hall–Kier alpha value is -2.42. The molecule has 1 aromatic rings. The fourth-order valence-corrected chi connectivity index (χ4v) is 2.88. The normalized spacial score (nSPS) is 17.7. The van der Waals surface area contributed by atoms with Crippen LogP contribution in [0.3, 0.4) is 0 Å². The van der Waals surface area contributed by atoms with Gasteiger partial charge < -0.3 is 10.2 Å². The van der Waals surface area contributed by atoms with Crippen LogP contribution in [-0.4, -0.2) is 36.9 Å². The molecule has 1 heterocycles. The molecule has 1 saturated heterocycles. The second kappa shape index (κ2) is 6.37. The number of nitrogens with zero attached hydrogens (tertiary/aromatic N) is 2. The molecule has 1 aromatic carbocycles. The van der Waals surface area contributed by atoms with Gasteiger partial charge in [-0.15, -0.1) is 0 Å². The quantitative estimate of drug-likeness (QED) is 0.869. The lowest BCUT2D eigenvalue weighted by Crippen LogP contribution is -2.43. The predicted molar refractivity (Wildman–Crippen MR) is 84.4 cm³/mol. The molecule has 1 aliphatic heterocycles. The maximum Gasteiger partial charge on any atom is 0.232 e. The van der Waals surface area contributed by atoms with Gasteiger partial charge in [0, 0.05) is 20.1 Å². The van der Waals surface area contributed by atoms with E-state index in [0.29, 0.717) is 25.1 Å². The lowest BCUT2D eigenvalue weighted by atomic mass is 9.83. The Kier molecular flexibility index (Phi) is 4.69.